The molecule has 5 rings (SSSR count). The first-order chi connectivity index (χ1) is 12.2. The summed E-state index contributed by atoms with van der Waals surface area (Å²) in [6, 6.07) is 22.6. The van der Waals surface area contributed by atoms with E-state index in [-0.39, 0.29) is 5.41 Å². The van der Waals surface area contributed by atoms with Crippen LogP contribution < -0.4 is 0 Å². The molecule has 25 heavy (non-hydrogen) atoms. The van der Waals surface area contributed by atoms with Gasteiger partial charge in [-0.1, -0.05) is 63.2 Å². The predicted molar refractivity (Wildman–Crippen MR) is 109 cm³/mol. The standard InChI is InChI=1S/C24H23N/c1-4-24(3,5-2)16-13-14-22-20(15-16)19-11-8-10-18-17-9-6-7-12-21(17)25(22)23(18)19/h6-15H,4-5H2,1-3H3. The molecule has 1 heteroatoms. The van der Waals surface area contributed by atoms with Crippen molar-refractivity contribution in [2.45, 2.75) is 39.0 Å². The Kier molecular flexibility index (Phi) is 2.94. The van der Waals surface area contributed by atoms with Gasteiger partial charge in [0.1, 0.15) is 0 Å². The van der Waals surface area contributed by atoms with Gasteiger partial charge in [-0.25, -0.2) is 0 Å². The fourth-order valence-electron chi connectivity index (χ4n) is 4.47. The van der Waals surface area contributed by atoms with E-state index in [9.17, 15) is 0 Å². The number of benzene rings is 3. The highest BCUT2D eigenvalue weighted by Gasteiger charge is 2.24. The molecule has 0 radical (unpaired) electrons. The van der Waals surface area contributed by atoms with Crippen molar-refractivity contribution < 1.29 is 0 Å². The van der Waals surface area contributed by atoms with Crippen molar-refractivity contribution in [3.63, 3.8) is 0 Å². The SMILES string of the molecule is CCC(C)(CC)c1ccc2c(c1)c1cccc3c4ccccc4n2c31. The maximum atomic E-state index is 2.45. The van der Waals surface area contributed by atoms with Gasteiger partial charge >= 0.3 is 0 Å². The highest BCUT2D eigenvalue weighted by molar-refractivity contribution is 6.23. The van der Waals surface area contributed by atoms with Crippen molar-refractivity contribution in [3.05, 3.63) is 66.2 Å². The van der Waals surface area contributed by atoms with E-state index in [2.05, 4.69) is 85.8 Å². The zero-order valence-electron chi connectivity index (χ0n) is 15.1. The maximum Gasteiger partial charge on any atom is 0.0620 e. The second-order valence-corrected chi connectivity index (χ2v) is 7.55. The molecule has 5 aromatic rings. The number of hydrogen-bond donors (Lipinski definition) is 0. The fraction of sp³-hybridized carbons (Fsp3) is 0.250. The lowest BCUT2D eigenvalue weighted by Crippen LogP contribution is -2.19. The highest BCUT2D eigenvalue weighted by Crippen LogP contribution is 2.41. The number of rotatable bonds is 3. The van der Waals surface area contributed by atoms with E-state index < -0.39 is 0 Å². The Morgan fingerprint density at radius 2 is 1.36 bits per heavy atom. The molecule has 0 saturated heterocycles. The van der Waals surface area contributed by atoms with Crippen LogP contribution in [0.4, 0.5) is 0 Å². The second-order valence-electron chi connectivity index (χ2n) is 7.55. The molecule has 124 valence electrons. The van der Waals surface area contributed by atoms with Gasteiger partial charge in [0.2, 0.25) is 0 Å². The molecule has 0 saturated carbocycles. The van der Waals surface area contributed by atoms with E-state index in [1.807, 2.05) is 0 Å². The third-order valence-corrected chi connectivity index (χ3v) is 6.48. The first kappa shape index (κ1) is 14.8. The summed E-state index contributed by atoms with van der Waals surface area (Å²) in [4.78, 5) is 0. The van der Waals surface area contributed by atoms with Gasteiger partial charge in [0.15, 0.2) is 0 Å². The molecule has 1 nitrogen and oxygen atoms in total. The van der Waals surface area contributed by atoms with Crippen LogP contribution in [-0.2, 0) is 5.41 Å². The summed E-state index contributed by atoms with van der Waals surface area (Å²) < 4.78 is 2.45. The van der Waals surface area contributed by atoms with Crippen LogP contribution in [0.25, 0.3) is 38.1 Å². The second kappa shape index (κ2) is 4.98. The van der Waals surface area contributed by atoms with Crippen LogP contribution in [0.1, 0.15) is 39.2 Å². The molecule has 2 heterocycles. The van der Waals surface area contributed by atoms with Crippen molar-refractivity contribution in [1.29, 1.82) is 0 Å². The Balaban J connectivity index is 1.97. The van der Waals surface area contributed by atoms with Crippen LogP contribution in [-0.4, -0.2) is 4.40 Å². The average molecular weight is 325 g/mol. The molecule has 0 aliphatic rings. The average Bonchev–Trinajstić information content (AvgIpc) is 3.19. The molecule has 0 unspecified atom stereocenters. The van der Waals surface area contributed by atoms with E-state index in [4.69, 9.17) is 0 Å². The van der Waals surface area contributed by atoms with Crippen LogP contribution in [0.2, 0.25) is 0 Å². The molecule has 0 aliphatic carbocycles. The van der Waals surface area contributed by atoms with Crippen molar-refractivity contribution in [2.75, 3.05) is 0 Å². The summed E-state index contributed by atoms with van der Waals surface area (Å²) in [6.07, 6.45) is 2.34. The number of hydrogen-bond acceptors (Lipinski definition) is 0. The van der Waals surface area contributed by atoms with E-state index in [1.54, 1.807) is 0 Å². The Labute approximate surface area is 148 Å². The van der Waals surface area contributed by atoms with Crippen LogP contribution >= 0.6 is 0 Å². The normalized spacial score (nSPS) is 12.9. The molecule has 2 aromatic heterocycles. The van der Waals surface area contributed by atoms with E-state index in [0.29, 0.717) is 0 Å². The van der Waals surface area contributed by atoms with Crippen molar-refractivity contribution in [1.82, 2.24) is 4.40 Å². The van der Waals surface area contributed by atoms with Crippen LogP contribution in [0.15, 0.2) is 60.7 Å². The first-order valence-corrected chi connectivity index (χ1v) is 9.35. The summed E-state index contributed by atoms with van der Waals surface area (Å²) in [6.45, 7) is 6.99. The molecule has 0 bridgehead atoms. The largest absolute Gasteiger partial charge is 0.308 e. The van der Waals surface area contributed by atoms with E-state index >= 15 is 0 Å². The minimum Gasteiger partial charge on any atom is -0.308 e. The minimum atomic E-state index is 0.252. The molecule has 0 amide bonds. The molecule has 0 aliphatic heterocycles. The molecule has 0 atom stereocenters. The molecule has 0 spiro atoms. The Hall–Kier alpha value is -2.54. The number of para-hydroxylation sites is 2. The van der Waals surface area contributed by atoms with Crippen molar-refractivity contribution in [2.24, 2.45) is 0 Å². The lowest BCUT2D eigenvalue weighted by molar-refractivity contribution is 0.439. The number of fused-ring (bicyclic) bond motifs is 6. The molecular formula is C24H23N. The Morgan fingerprint density at radius 1 is 0.720 bits per heavy atom. The summed E-state index contributed by atoms with van der Waals surface area (Å²) in [5.41, 5.74) is 5.71. The maximum absolute atomic E-state index is 2.45. The first-order valence-electron chi connectivity index (χ1n) is 9.35. The number of aromatic nitrogens is 1. The van der Waals surface area contributed by atoms with Gasteiger partial charge < -0.3 is 4.40 Å². The van der Waals surface area contributed by atoms with Gasteiger partial charge in [-0.3, -0.25) is 0 Å². The Morgan fingerprint density at radius 3 is 2.12 bits per heavy atom. The monoisotopic (exact) mass is 325 g/mol. The van der Waals surface area contributed by atoms with Gasteiger partial charge in [-0.15, -0.1) is 0 Å². The van der Waals surface area contributed by atoms with Gasteiger partial charge in [0, 0.05) is 21.5 Å². The minimum absolute atomic E-state index is 0.252. The predicted octanol–water partition coefficient (Wildman–Crippen LogP) is 6.91. The molecule has 3 aromatic carbocycles. The molecular weight excluding hydrogens is 302 g/mol. The smallest absolute Gasteiger partial charge is 0.0620 e. The fourth-order valence-corrected chi connectivity index (χ4v) is 4.47. The quantitative estimate of drug-likeness (QED) is 0.339. The lowest BCUT2D eigenvalue weighted by Gasteiger charge is -2.27. The topological polar surface area (TPSA) is 4.41 Å². The van der Waals surface area contributed by atoms with Crippen molar-refractivity contribution >= 4 is 38.1 Å². The third kappa shape index (κ3) is 1.79. The van der Waals surface area contributed by atoms with Crippen LogP contribution in [0.5, 0.6) is 0 Å². The summed E-state index contributed by atoms with van der Waals surface area (Å²) in [7, 11) is 0. The third-order valence-electron chi connectivity index (χ3n) is 6.48. The lowest BCUT2D eigenvalue weighted by atomic mass is 9.77. The van der Waals surface area contributed by atoms with Gasteiger partial charge in [0.25, 0.3) is 0 Å². The molecule has 0 N–H and O–H groups in total. The van der Waals surface area contributed by atoms with Gasteiger partial charge in [0.05, 0.1) is 16.6 Å². The van der Waals surface area contributed by atoms with Gasteiger partial charge in [-0.2, -0.15) is 0 Å². The van der Waals surface area contributed by atoms with Gasteiger partial charge in [-0.05, 0) is 42.0 Å². The number of nitrogens with zero attached hydrogens (tertiary/aromatic N) is 1. The highest BCUT2D eigenvalue weighted by atomic mass is 14.9. The van der Waals surface area contributed by atoms with Crippen molar-refractivity contribution in [3.8, 4) is 0 Å². The Bertz CT molecular complexity index is 1220. The van der Waals surface area contributed by atoms with Crippen LogP contribution in [0, 0.1) is 0 Å². The zero-order valence-corrected chi connectivity index (χ0v) is 15.1. The van der Waals surface area contributed by atoms with Crippen LogP contribution in [0.3, 0.4) is 0 Å². The van der Waals surface area contributed by atoms with E-state index in [1.165, 1.54) is 56.5 Å². The molecule has 0 fully saturated rings. The zero-order chi connectivity index (χ0) is 17.2. The summed E-state index contributed by atoms with van der Waals surface area (Å²) in [5, 5.41) is 5.47. The summed E-state index contributed by atoms with van der Waals surface area (Å²) in [5.74, 6) is 0. The van der Waals surface area contributed by atoms with E-state index in [0.717, 1.165) is 0 Å². The summed E-state index contributed by atoms with van der Waals surface area (Å²) >= 11 is 0.